The van der Waals surface area contributed by atoms with Crippen LogP contribution in [0, 0.1) is 6.92 Å². The van der Waals surface area contributed by atoms with Crippen LogP contribution in [0.5, 0.6) is 11.5 Å². The van der Waals surface area contributed by atoms with Crippen LogP contribution < -0.4 is 4.74 Å². The predicted molar refractivity (Wildman–Crippen MR) is 78.9 cm³/mol. The third kappa shape index (κ3) is 2.98. The molecule has 0 unspecified atom stereocenters. The van der Waals surface area contributed by atoms with Gasteiger partial charge < -0.3 is 4.74 Å². The van der Waals surface area contributed by atoms with Gasteiger partial charge in [-0.1, -0.05) is 42.7 Å². The van der Waals surface area contributed by atoms with Crippen LogP contribution in [-0.4, -0.2) is 0 Å². The summed E-state index contributed by atoms with van der Waals surface area (Å²) in [6, 6.07) is 16.8. The Morgan fingerprint density at radius 3 is 1.89 bits per heavy atom. The Morgan fingerprint density at radius 1 is 0.789 bits per heavy atom. The molecule has 0 amide bonds. The van der Waals surface area contributed by atoms with Crippen molar-refractivity contribution in [2.45, 2.75) is 38.5 Å². The number of benzene rings is 2. The highest BCUT2D eigenvalue weighted by Gasteiger charge is 2.16. The van der Waals surface area contributed by atoms with E-state index in [4.69, 9.17) is 4.74 Å². The average molecular weight is 252 g/mol. The molecule has 0 spiro atoms. The minimum atomic E-state index is 0.772. The summed E-state index contributed by atoms with van der Waals surface area (Å²) in [6.07, 6.45) is 5.45. The molecule has 0 aliphatic heterocycles. The van der Waals surface area contributed by atoms with E-state index >= 15 is 0 Å². The first-order chi connectivity index (χ1) is 9.31. The molecule has 0 heterocycles. The normalized spacial score (nSPS) is 15.6. The van der Waals surface area contributed by atoms with Gasteiger partial charge in [-0.25, -0.2) is 0 Å². The lowest BCUT2D eigenvalue weighted by molar-refractivity contribution is 0.482. The fourth-order valence-corrected chi connectivity index (χ4v) is 2.81. The van der Waals surface area contributed by atoms with Crippen LogP contribution in [0.4, 0.5) is 0 Å². The Hall–Kier alpha value is -1.76. The monoisotopic (exact) mass is 252 g/mol. The topological polar surface area (TPSA) is 9.23 Å². The van der Waals surface area contributed by atoms with Crippen molar-refractivity contribution in [3.8, 4) is 11.5 Å². The molecular formula is C18H20O. The fraction of sp³-hybridized carbons (Fsp3) is 0.333. The van der Waals surface area contributed by atoms with Crippen molar-refractivity contribution >= 4 is 0 Å². The molecule has 1 nitrogen and oxygen atoms in total. The molecule has 0 radical (unpaired) electrons. The maximum atomic E-state index is 5.85. The molecular weight excluding hydrogens is 232 g/mol. The third-order valence-electron chi connectivity index (χ3n) is 3.96. The summed E-state index contributed by atoms with van der Waals surface area (Å²) < 4.78 is 5.85. The highest BCUT2D eigenvalue weighted by molar-refractivity contribution is 5.35. The van der Waals surface area contributed by atoms with Crippen LogP contribution in [0.15, 0.2) is 48.5 Å². The van der Waals surface area contributed by atoms with Gasteiger partial charge in [0.1, 0.15) is 11.5 Å². The van der Waals surface area contributed by atoms with E-state index in [1.54, 1.807) is 0 Å². The third-order valence-corrected chi connectivity index (χ3v) is 3.96. The average Bonchev–Trinajstić information content (AvgIpc) is 2.96. The summed E-state index contributed by atoms with van der Waals surface area (Å²) in [5.74, 6) is 2.60. The van der Waals surface area contributed by atoms with E-state index in [0.29, 0.717) is 0 Å². The zero-order valence-electron chi connectivity index (χ0n) is 11.4. The zero-order valence-corrected chi connectivity index (χ0v) is 11.4. The molecule has 1 fully saturated rings. The Bertz CT molecular complexity index is 519. The minimum absolute atomic E-state index is 0.772. The predicted octanol–water partition coefficient (Wildman–Crippen LogP) is 5.44. The minimum Gasteiger partial charge on any atom is -0.457 e. The molecule has 2 aromatic rings. The number of hydrogen-bond acceptors (Lipinski definition) is 1. The first kappa shape index (κ1) is 12.3. The molecule has 1 aliphatic carbocycles. The smallest absolute Gasteiger partial charge is 0.127 e. The molecule has 0 atom stereocenters. The Kier molecular flexibility index (Phi) is 3.54. The van der Waals surface area contributed by atoms with Crippen LogP contribution in [-0.2, 0) is 0 Å². The van der Waals surface area contributed by atoms with Gasteiger partial charge in [-0.05, 0) is 55.5 Å². The number of aryl methyl sites for hydroxylation is 1. The van der Waals surface area contributed by atoms with E-state index in [9.17, 15) is 0 Å². The van der Waals surface area contributed by atoms with Crippen LogP contribution in [0.3, 0.4) is 0 Å². The SMILES string of the molecule is Cc1ccc(Oc2ccc(C3CCCC3)cc2)cc1. The summed E-state index contributed by atoms with van der Waals surface area (Å²) in [6.45, 7) is 2.08. The summed E-state index contributed by atoms with van der Waals surface area (Å²) in [5.41, 5.74) is 2.72. The van der Waals surface area contributed by atoms with Crippen molar-refractivity contribution in [1.29, 1.82) is 0 Å². The summed E-state index contributed by atoms with van der Waals surface area (Å²) >= 11 is 0. The van der Waals surface area contributed by atoms with E-state index in [2.05, 4.69) is 43.3 Å². The van der Waals surface area contributed by atoms with Gasteiger partial charge in [0.05, 0.1) is 0 Å². The van der Waals surface area contributed by atoms with E-state index in [1.807, 2.05) is 12.1 Å². The van der Waals surface area contributed by atoms with Crippen molar-refractivity contribution in [3.63, 3.8) is 0 Å². The van der Waals surface area contributed by atoms with Crippen molar-refractivity contribution < 1.29 is 4.74 Å². The lowest BCUT2D eigenvalue weighted by Gasteiger charge is -2.11. The van der Waals surface area contributed by atoms with E-state index in [1.165, 1.54) is 36.8 Å². The molecule has 2 aromatic carbocycles. The van der Waals surface area contributed by atoms with Crippen molar-refractivity contribution in [3.05, 3.63) is 59.7 Å². The van der Waals surface area contributed by atoms with Crippen LogP contribution in [0.2, 0.25) is 0 Å². The van der Waals surface area contributed by atoms with Crippen LogP contribution >= 0.6 is 0 Å². The standard InChI is InChI=1S/C18H20O/c1-14-6-10-17(11-7-14)19-18-12-8-16(9-13-18)15-4-2-3-5-15/h6-13,15H,2-5H2,1H3. The van der Waals surface area contributed by atoms with E-state index < -0.39 is 0 Å². The van der Waals surface area contributed by atoms with Gasteiger partial charge >= 0.3 is 0 Å². The molecule has 0 saturated heterocycles. The van der Waals surface area contributed by atoms with Gasteiger partial charge in [-0.2, -0.15) is 0 Å². The maximum absolute atomic E-state index is 5.85. The maximum Gasteiger partial charge on any atom is 0.127 e. The van der Waals surface area contributed by atoms with Crippen molar-refractivity contribution in [1.82, 2.24) is 0 Å². The Balaban J connectivity index is 1.70. The zero-order chi connectivity index (χ0) is 13.1. The molecule has 98 valence electrons. The van der Waals surface area contributed by atoms with Crippen molar-refractivity contribution in [2.24, 2.45) is 0 Å². The van der Waals surface area contributed by atoms with Gasteiger partial charge in [-0.3, -0.25) is 0 Å². The molecule has 3 rings (SSSR count). The molecule has 1 aliphatic rings. The highest BCUT2D eigenvalue weighted by Crippen LogP contribution is 2.35. The fourth-order valence-electron chi connectivity index (χ4n) is 2.81. The van der Waals surface area contributed by atoms with Gasteiger partial charge in [0.15, 0.2) is 0 Å². The van der Waals surface area contributed by atoms with Gasteiger partial charge in [0, 0.05) is 0 Å². The van der Waals surface area contributed by atoms with E-state index in [0.717, 1.165) is 17.4 Å². The number of rotatable bonds is 3. The Morgan fingerprint density at radius 2 is 1.32 bits per heavy atom. The van der Waals surface area contributed by atoms with E-state index in [-0.39, 0.29) is 0 Å². The second kappa shape index (κ2) is 5.48. The van der Waals surface area contributed by atoms with Gasteiger partial charge in [0.2, 0.25) is 0 Å². The molecule has 1 saturated carbocycles. The van der Waals surface area contributed by atoms with Crippen molar-refractivity contribution in [2.75, 3.05) is 0 Å². The molecule has 0 aromatic heterocycles. The second-order valence-electron chi connectivity index (χ2n) is 5.47. The molecule has 1 heteroatoms. The van der Waals surface area contributed by atoms with Crippen LogP contribution in [0.25, 0.3) is 0 Å². The number of hydrogen-bond donors (Lipinski definition) is 0. The highest BCUT2D eigenvalue weighted by atomic mass is 16.5. The lowest BCUT2D eigenvalue weighted by atomic mass is 9.98. The molecule has 0 bridgehead atoms. The van der Waals surface area contributed by atoms with Gasteiger partial charge in [-0.15, -0.1) is 0 Å². The Labute approximate surface area is 115 Å². The molecule has 0 N–H and O–H groups in total. The first-order valence-corrected chi connectivity index (χ1v) is 7.16. The van der Waals surface area contributed by atoms with Crippen LogP contribution in [0.1, 0.15) is 42.7 Å². The lowest BCUT2D eigenvalue weighted by Crippen LogP contribution is -1.92. The van der Waals surface area contributed by atoms with Gasteiger partial charge in [0.25, 0.3) is 0 Å². The molecule has 19 heavy (non-hydrogen) atoms. The second-order valence-corrected chi connectivity index (χ2v) is 5.47. The largest absolute Gasteiger partial charge is 0.457 e. The summed E-state index contributed by atoms with van der Waals surface area (Å²) in [7, 11) is 0. The summed E-state index contributed by atoms with van der Waals surface area (Å²) in [5, 5.41) is 0. The quantitative estimate of drug-likeness (QED) is 0.706. The number of ether oxygens (including phenoxy) is 1. The first-order valence-electron chi connectivity index (χ1n) is 7.16. The summed E-state index contributed by atoms with van der Waals surface area (Å²) in [4.78, 5) is 0.